The van der Waals surface area contributed by atoms with Gasteiger partial charge >= 0.3 is 5.97 Å². The van der Waals surface area contributed by atoms with Crippen molar-refractivity contribution in [2.45, 2.75) is 514 Å². The highest BCUT2D eigenvalue weighted by atomic mass is 16.5. The van der Waals surface area contributed by atoms with Crippen molar-refractivity contribution in [3.8, 4) is 0 Å². The molecule has 0 spiro atoms. The maximum absolute atomic E-state index is 12.6. The van der Waals surface area contributed by atoms with Gasteiger partial charge in [0.25, 0.3) is 0 Å². The Morgan fingerprint density at radius 3 is 0.772 bits per heavy atom. The molecule has 0 fully saturated rings. The Kier molecular flexibility index (Phi) is 80.8. The first-order valence-corrected chi connectivity index (χ1v) is 42.9. The normalized spacial score (nSPS) is 12.4. The maximum atomic E-state index is 12.6. The zero-order valence-corrected chi connectivity index (χ0v) is 63.1. The predicted octanol–water partition coefficient (Wildman–Crippen LogP) is 28.6. The highest BCUT2D eigenvalue weighted by molar-refractivity contribution is 5.76. The van der Waals surface area contributed by atoms with Gasteiger partial charge in [-0.1, -0.05) is 450 Å². The van der Waals surface area contributed by atoms with E-state index in [0.717, 1.165) is 38.5 Å². The zero-order chi connectivity index (χ0) is 66.3. The van der Waals surface area contributed by atoms with Gasteiger partial charge in [0.15, 0.2) is 0 Å². The second-order valence-corrected chi connectivity index (χ2v) is 29.9. The number of ether oxygens (including phenoxy) is 1. The van der Waals surface area contributed by atoms with E-state index in [1.807, 2.05) is 0 Å². The number of hydrogen-bond acceptors (Lipinski definition) is 5. The monoisotopic (exact) mass is 1300 g/mol. The third-order valence-corrected chi connectivity index (χ3v) is 20.6. The molecular weight excluding hydrogens is 1130 g/mol. The Balaban J connectivity index is 3.32. The highest BCUT2D eigenvalue weighted by Gasteiger charge is 2.20. The molecule has 2 unspecified atom stereocenters. The minimum Gasteiger partial charge on any atom is -0.466 e. The lowest BCUT2D eigenvalue weighted by Crippen LogP contribution is -2.45. The van der Waals surface area contributed by atoms with Crippen LogP contribution in [-0.2, 0) is 14.3 Å². The van der Waals surface area contributed by atoms with Crippen LogP contribution >= 0.6 is 0 Å². The number of carbonyl (C=O) groups excluding carboxylic acids is 2. The van der Waals surface area contributed by atoms with Crippen LogP contribution in [-0.4, -0.2) is 47.4 Å². The van der Waals surface area contributed by atoms with E-state index in [-0.39, 0.29) is 18.5 Å². The molecule has 3 N–H and O–H groups in total. The Morgan fingerprint density at radius 1 is 0.293 bits per heavy atom. The second-order valence-electron chi connectivity index (χ2n) is 29.9. The van der Waals surface area contributed by atoms with Crippen LogP contribution in [0.15, 0.2) is 12.2 Å². The first-order valence-electron chi connectivity index (χ1n) is 42.9. The van der Waals surface area contributed by atoms with Crippen molar-refractivity contribution >= 4 is 11.9 Å². The molecule has 0 aliphatic rings. The Bertz CT molecular complexity index is 1400. The summed E-state index contributed by atoms with van der Waals surface area (Å²) >= 11 is 0. The fourth-order valence-electron chi connectivity index (χ4n) is 14.1. The van der Waals surface area contributed by atoms with Gasteiger partial charge in [0.1, 0.15) is 0 Å². The Labute approximate surface area is 578 Å². The lowest BCUT2D eigenvalue weighted by atomic mass is 10.0. The summed E-state index contributed by atoms with van der Waals surface area (Å²) in [4.78, 5) is 24.7. The van der Waals surface area contributed by atoms with Crippen LogP contribution in [0.1, 0.15) is 502 Å². The van der Waals surface area contributed by atoms with Crippen LogP contribution in [0.3, 0.4) is 0 Å². The standard InChI is InChI=1S/C86H169NO5/c1-3-5-7-9-11-13-15-17-19-21-22-23-24-34-37-40-43-47-50-54-58-62-66-70-74-78-84(89)83(82-88)87-85(90)79-75-71-67-63-59-55-51-48-44-41-38-35-32-30-28-26-25-27-29-31-33-36-39-42-45-49-53-57-61-65-69-73-77-81-92-86(91)80-76-72-68-64-60-56-52-46-20-18-16-14-12-10-8-6-4-2/h18,20,83-84,88-89H,3-17,19,21-82H2,1-2H3,(H,87,90)/b20-18-. The minimum absolute atomic E-state index is 0.0199. The average Bonchev–Trinajstić information content (AvgIpc) is 3.61. The van der Waals surface area contributed by atoms with Crippen molar-refractivity contribution in [2.24, 2.45) is 0 Å². The van der Waals surface area contributed by atoms with Crippen LogP contribution < -0.4 is 5.32 Å². The fraction of sp³-hybridized carbons (Fsp3) is 0.953. The predicted molar refractivity (Wildman–Crippen MR) is 407 cm³/mol. The van der Waals surface area contributed by atoms with Crippen LogP contribution in [0.25, 0.3) is 0 Å². The number of hydrogen-bond donors (Lipinski definition) is 3. The molecule has 0 aromatic carbocycles. The van der Waals surface area contributed by atoms with Crippen molar-refractivity contribution in [1.82, 2.24) is 5.32 Å². The second kappa shape index (κ2) is 82.0. The molecule has 0 aliphatic carbocycles. The van der Waals surface area contributed by atoms with E-state index >= 15 is 0 Å². The van der Waals surface area contributed by atoms with Gasteiger partial charge in [0, 0.05) is 12.8 Å². The van der Waals surface area contributed by atoms with Crippen molar-refractivity contribution in [2.75, 3.05) is 13.2 Å². The molecule has 0 heterocycles. The van der Waals surface area contributed by atoms with Crippen LogP contribution in [0, 0.1) is 0 Å². The van der Waals surface area contributed by atoms with Crippen LogP contribution in [0.4, 0.5) is 0 Å². The third-order valence-electron chi connectivity index (χ3n) is 20.6. The van der Waals surface area contributed by atoms with E-state index in [2.05, 4.69) is 31.3 Å². The number of nitrogens with one attached hydrogen (secondary N) is 1. The van der Waals surface area contributed by atoms with E-state index in [9.17, 15) is 19.8 Å². The minimum atomic E-state index is -0.662. The lowest BCUT2D eigenvalue weighted by Gasteiger charge is -2.22. The van der Waals surface area contributed by atoms with E-state index < -0.39 is 12.1 Å². The van der Waals surface area contributed by atoms with Gasteiger partial charge in [-0.3, -0.25) is 9.59 Å². The SMILES string of the molecule is CCCCCCCC/C=C\CCCCCCCCCC(=O)OCCCCCCCCCCCCCCCCCCCCCCCCCCCCCCCCCCCC(=O)NC(CO)C(O)CCCCCCCCCCCCCCCCCCCCCCCCCCC. The molecule has 0 saturated carbocycles. The Morgan fingerprint density at radius 2 is 0.511 bits per heavy atom. The molecule has 6 nitrogen and oxygen atoms in total. The largest absolute Gasteiger partial charge is 0.466 e. The number of aliphatic hydroxyl groups excluding tert-OH is 2. The maximum Gasteiger partial charge on any atom is 0.305 e. The highest BCUT2D eigenvalue weighted by Crippen LogP contribution is 2.21. The fourth-order valence-corrected chi connectivity index (χ4v) is 14.1. The van der Waals surface area contributed by atoms with E-state index in [4.69, 9.17) is 4.74 Å². The molecule has 2 atom stereocenters. The van der Waals surface area contributed by atoms with E-state index in [1.165, 1.54) is 430 Å². The van der Waals surface area contributed by atoms with Crippen molar-refractivity contribution < 1.29 is 24.5 Å². The first kappa shape index (κ1) is 90.6. The number of unbranched alkanes of at least 4 members (excludes halogenated alkanes) is 69. The van der Waals surface area contributed by atoms with Crippen molar-refractivity contribution in [3.63, 3.8) is 0 Å². The summed E-state index contributed by atoms with van der Waals surface area (Å²) in [6.07, 6.45) is 105. The summed E-state index contributed by atoms with van der Waals surface area (Å²) < 4.78 is 5.51. The summed E-state index contributed by atoms with van der Waals surface area (Å²) in [7, 11) is 0. The van der Waals surface area contributed by atoms with Crippen molar-refractivity contribution in [1.29, 1.82) is 0 Å². The molecule has 6 heteroatoms. The van der Waals surface area contributed by atoms with Gasteiger partial charge in [-0.15, -0.1) is 0 Å². The van der Waals surface area contributed by atoms with Gasteiger partial charge in [-0.2, -0.15) is 0 Å². The Hall–Kier alpha value is -1.40. The van der Waals surface area contributed by atoms with Gasteiger partial charge in [0.2, 0.25) is 5.91 Å². The number of carbonyl (C=O) groups is 2. The number of esters is 1. The van der Waals surface area contributed by atoms with E-state index in [0.29, 0.717) is 25.9 Å². The molecule has 0 saturated heterocycles. The summed E-state index contributed by atoms with van der Waals surface area (Å²) in [6.45, 7) is 5.01. The molecule has 0 rings (SSSR count). The quantitative estimate of drug-likeness (QED) is 0.0320. The molecule has 0 bridgehead atoms. The molecule has 92 heavy (non-hydrogen) atoms. The summed E-state index contributed by atoms with van der Waals surface area (Å²) in [5.74, 6) is -0.00348. The molecule has 0 radical (unpaired) electrons. The van der Waals surface area contributed by atoms with Gasteiger partial charge in [-0.05, 0) is 51.4 Å². The summed E-state index contributed by atoms with van der Waals surface area (Å²) in [5.41, 5.74) is 0. The first-order chi connectivity index (χ1) is 45.5. The smallest absolute Gasteiger partial charge is 0.305 e. The summed E-state index contributed by atoms with van der Waals surface area (Å²) in [5, 5.41) is 23.5. The lowest BCUT2D eigenvalue weighted by molar-refractivity contribution is -0.143. The number of aliphatic hydroxyl groups is 2. The van der Waals surface area contributed by atoms with Crippen molar-refractivity contribution in [3.05, 3.63) is 12.2 Å². The number of rotatable bonds is 82. The van der Waals surface area contributed by atoms with Crippen LogP contribution in [0.2, 0.25) is 0 Å². The zero-order valence-electron chi connectivity index (χ0n) is 63.1. The molecule has 1 amide bonds. The average molecular weight is 1300 g/mol. The third kappa shape index (κ3) is 77.6. The molecular formula is C86H169NO5. The number of allylic oxidation sites excluding steroid dienone is 2. The topological polar surface area (TPSA) is 95.9 Å². The van der Waals surface area contributed by atoms with Gasteiger partial charge < -0.3 is 20.3 Å². The van der Waals surface area contributed by atoms with Gasteiger partial charge in [0.05, 0.1) is 25.4 Å². The molecule has 548 valence electrons. The van der Waals surface area contributed by atoms with E-state index in [1.54, 1.807) is 0 Å². The van der Waals surface area contributed by atoms with Crippen LogP contribution in [0.5, 0.6) is 0 Å². The summed E-state index contributed by atoms with van der Waals surface area (Å²) in [6, 6.07) is -0.539. The molecule has 0 aliphatic heterocycles. The number of amides is 1. The molecule has 0 aromatic rings. The van der Waals surface area contributed by atoms with Gasteiger partial charge in [-0.25, -0.2) is 0 Å². The molecule has 0 aromatic heterocycles.